The van der Waals surface area contributed by atoms with Crippen LogP contribution in [-0.2, 0) is 4.74 Å². The van der Waals surface area contributed by atoms with Crippen molar-refractivity contribution in [1.29, 1.82) is 0 Å². The maximum atomic E-state index is 11.7. The molecule has 0 saturated carbocycles. The number of rotatable bonds is 5. The molecule has 3 aromatic rings. The minimum atomic E-state index is -0.285. The van der Waals surface area contributed by atoms with Crippen LogP contribution in [0.1, 0.15) is 52.3 Å². The molecule has 1 aromatic heterocycles. The van der Waals surface area contributed by atoms with Crippen LogP contribution in [0.15, 0.2) is 66.6 Å². The number of carbonyl (C=O) groups excluding carboxylic acids is 2. The molecule has 2 aromatic carbocycles. The highest BCUT2D eigenvalue weighted by atomic mass is 32.1. The fourth-order valence-electron chi connectivity index (χ4n) is 3.83. The zero-order valence-electron chi connectivity index (χ0n) is 20.1. The summed E-state index contributed by atoms with van der Waals surface area (Å²) < 4.78 is 5.02. The van der Waals surface area contributed by atoms with Crippen molar-refractivity contribution in [1.82, 2.24) is 9.88 Å². The Morgan fingerprint density at radius 3 is 2.47 bits per heavy atom. The monoisotopic (exact) mass is 476 g/mol. The summed E-state index contributed by atoms with van der Waals surface area (Å²) in [5.74, 6) is 0.328. The van der Waals surface area contributed by atoms with Gasteiger partial charge in [0.05, 0.1) is 5.01 Å². The number of aromatic nitrogens is 1. The van der Waals surface area contributed by atoms with E-state index >= 15 is 0 Å². The Kier molecular flexibility index (Phi) is 9.16. The molecule has 0 N–H and O–H groups in total. The van der Waals surface area contributed by atoms with Gasteiger partial charge in [-0.05, 0) is 43.4 Å². The molecule has 2 heterocycles. The van der Waals surface area contributed by atoms with E-state index in [0.29, 0.717) is 24.7 Å². The molecule has 0 aliphatic carbocycles. The van der Waals surface area contributed by atoms with Crippen LogP contribution in [0, 0.1) is 13.8 Å². The van der Waals surface area contributed by atoms with Crippen LogP contribution in [0.4, 0.5) is 4.79 Å². The molecule has 0 radical (unpaired) electrons. The first-order valence-corrected chi connectivity index (χ1v) is 12.4. The first-order valence-electron chi connectivity index (χ1n) is 11.5. The van der Waals surface area contributed by atoms with Gasteiger partial charge in [0.15, 0.2) is 5.78 Å². The van der Waals surface area contributed by atoms with Crippen LogP contribution in [0.3, 0.4) is 0 Å². The number of aryl methyl sites for hydroxylation is 2. The largest absolute Gasteiger partial charge is 0.445 e. The highest BCUT2D eigenvalue weighted by Crippen LogP contribution is 2.30. The number of ketones is 1. The van der Waals surface area contributed by atoms with Gasteiger partial charge in [0.25, 0.3) is 0 Å². The number of likely N-dealkylation sites (tertiary alicyclic amines) is 1. The molecule has 0 spiro atoms. The van der Waals surface area contributed by atoms with Gasteiger partial charge in [-0.25, -0.2) is 9.78 Å². The summed E-state index contributed by atoms with van der Waals surface area (Å²) in [5, 5.41) is 2.80. The lowest BCUT2D eigenvalue weighted by Gasteiger charge is -2.30. The normalized spacial score (nSPS) is 13.6. The number of amides is 1. The zero-order valence-corrected chi connectivity index (χ0v) is 20.9. The van der Waals surface area contributed by atoms with Crippen molar-refractivity contribution in [3.05, 3.63) is 88.4 Å². The Balaban J connectivity index is 0.000000202. The van der Waals surface area contributed by atoms with E-state index in [0.717, 1.165) is 17.8 Å². The highest BCUT2D eigenvalue weighted by Gasteiger charge is 2.26. The molecular weight excluding hydrogens is 444 g/mol. The van der Waals surface area contributed by atoms with Crippen LogP contribution in [-0.4, -0.2) is 41.5 Å². The maximum absolute atomic E-state index is 11.7. The number of carbonyl (C=O) groups is 2. The van der Waals surface area contributed by atoms with Crippen molar-refractivity contribution in [3.63, 3.8) is 0 Å². The molecular formula is C28H32N2O3S. The average Bonchev–Trinajstić information content (AvgIpc) is 3.36. The molecule has 178 valence electrons. The van der Waals surface area contributed by atoms with Crippen molar-refractivity contribution < 1.29 is 14.3 Å². The lowest BCUT2D eigenvalue weighted by atomic mass is 9.98. The molecule has 4 rings (SSSR count). The summed E-state index contributed by atoms with van der Waals surface area (Å²) in [7, 11) is 0. The van der Waals surface area contributed by atoms with Crippen molar-refractivity contribution in [2.45, 2.75) is 39.5 Å². The molecule has 34 heavy (non-hydrogen) atoms. The summed E-state index contributed by atoms with van der Waals surface area (Å²) in [6.45, 7) is 10.9. The van der Waals surface area contributed by atoms with E-state index in [1.54, 1.807) is 11.0 Å². The second kappa shape index (κ2) is 12.3. The molecule has 5 nitrogen and oxygen atoms in total. The summed E-state index contributed by atoms with van der Waals surface area (Å²) in [6.07, 6.45) is 2.98. The van der Waals surface area contributed by atoms with Gasteiger partial charge in [0.2, 0.25) is 0 Å². The Bertz CT molecular complexity index is 1120. The third kappa shape index (κ3) is 6.87. The van der Waals surface area contributed by atoms with Crippen molar-refractivity contribution >= 4 is 23.2 Å². The Morgan fingerprint density at radius 2 is 1.85 bits per heavy atom. The van der Waals surface area contributed by atoms with E-state index in [1.165, 1.54) is 40.5 Å². The minimum Gasteiger partial charge on any atom is -0.445 e. The van der Waals surface area contributed by atoms with Crippen LogP contribution in [0.25, 0.3) is 11.1 Å². The Labute approximate surface area is 206 Å². The van der Waals surface area contributed by atoms with E-state index in [-0.39, 0.29) is 18.5 Å². The van der Waals surface area contributed by atoms with Crippen LogP contribution < -0.4 is 0 Å². The van der Waals surface area contributed by atoms with Gasteiger partial charge in [-0.1, -0.05) is 66.7 Å². The van der Waals surface area contributed by atoms with E-state index in [9.17, 15) is 9.59 Å². The van der Waals surface area contributed by atoms with E-state index in [1.807, 2.05) is 5.38 Å². The number of benzene rings is 2. The van der Waals surface area contributed by atoms with Crippen LogP contribution in [0.5, 0.6) is 0 Å². The fourth-order valence-corrected chi connectivity index (χ4v) is 4.86. The summed E-state index contributed by atoms with van der Waals surface area (Å²) in [5.41, 5.74) is 5.83. The van der Waals surface area contributed by atoms with Gasteiger partial charge >= 0.3 is 6.09 Å². The standard InChI is InChI=1S/C14H18N2O3S.C14H14/c1-3-8-19-14(18)16-6-4-11(5-7-16)13-15-12(9-20-13)10(2)17;1-11-8-9-12(2)14(10-11)13-6-4-3-5-7-13/h3,9,11H,1,4-8H2,2H3;3-10H,1-2H3. The lowest BCUT2D eigenvalue weighted by molar-refractivity contribution is 0.101. The number of piperidine rings is 1. The van der Waals surface area contributed by atoms with E-state index in [2.05, 4.69) is 73.9 Å². The van der Waals surface area contributed by atoms with Gasteiger partial charge in [-0.3, -0.25) is 4.79 Å². The molecule has 0 bridgehead atoms. The quantitative estimate of drug-likeness (QED) is 0.299. The van der Waals surface area contributed by atoms with Gasteiger partial charge < -0.3 is 9.64 Å². The molecule has 1 aliphatic rings. The second-order valence-electron chi connectivity index (χ2n) is 8.44. The average molecular weight is 477 g/mol. The van der Waals surface area contributed by atoms with Gasteiger partial charge in [0, 0.05) is 31.3 Å². The first kappa shape index (κ1) is 25.4. The number of ether oxygens (including phenoxy) is 1. The third-order valence-corrected chi connectivity index (χ3v) is 6.79. The van der Waals surface area contributed by atoms with Gasteiger partial charge in [0.1, 0.15) is 12.3 Å². The van der Waals surface area contributed by atoms with E-state index < -0.39 is 0 Å². The Morgan fingerprint density at radius 1 is 1.15 bits per heavy atom. The smallest absolute Gasteiger partial charge is 0.410 e. The zero-order chi connectivity index (χ0) is 24.5. The Hall–Kier alpha value is -3.25. The number of hydrogen-bond donors (Lipinski definition) is 0. The SMILES string of the molecule is C=CCOC(=O)N1CCC(c2nc(C(C)=O)cs2)CC1.Cc1ccc(C)c(-c2ccccc2)c1. The summed E-state index contributed by atoms with van der Waals surface area (Å²) in [4.78, 5) is 29.0. The highest BCUT2D eigenvalue weighted by molar-refractivity contribution is 7.09. The topological polar surface area (TPSA) is 59.5 Å². The molecule has 1 fully saturated rings. The number of nitrogens with zero attached hydrogens (tertiary/aromatic N) is 2. The molecule has 6 heteroatoms. The molecule has 0 unspecified atom stereocenters. The predicted molar refractivity (Wildman–Crippen MR) is 139 cm³/mol. The maximum Gasteiger partial charge on any atom is 0.410 e. The van der Waals surface area contributed by atoms with Crippen molar-refractivity contribution in [2.75, 3.05) is 19.7 Å². The molecule has 1 aliphatic heterocycles. The predicted octanol–water partition coefficient (Wildman–Crippen LogP) is 6.82. The summed E-state index contributed by atoms with van der Waals surface area (Å²) >= 11 is 1.53. The van der Waals surface area contributed by atoms with E-state index in [4.69, 9.17) is 4.74 Å². The number of Topliss-reactive ketones (excluding diaryl/α,β-unsaturated/α-hetero) is 1. The number of thiazole rings is 1. The fraction of sp³-hybridized carbons (Fsp3) is 0.321. The third-order valence-electron chi connectivity index (χ3n) is 5.79. The van der Waals surface area contributed by atoms with Gasteiger partial charge in [-0.15, -0.1) is 11.3 Å². The van der Waals surface area contributed by atoms with Crippen molar-refractivity contribution in [3.8, 4) is 11.1 Å². The number of hydrogen-bond acceptors (Lipinski definition) is 5. The second-order valence-corrected chi connectivity index (χ2v) is 9.33. The van der Waals surface area contributed by atoms with Gasteiger partial charge in [-0.2, -0.15) is 0 Å². The molecule has 0 atom stereocenters. The molecule has 1 amide bonds. The first-order chi connectivity index (χ1) is 16.4. The summed E-state index contributed by atoms with van der Waals surface area (Å²) in [6, 6.07) is 17.1. The van der Waals surface area contributed by atoms with Crippen LogP contribution in [0.2, 0.25) is 0 Å². The van der Waals surface area contributed by atoms with Crippen molar-refractivity contribution in [2.24, 2.45) is 0 Å². The lowest BCUT2D eigenvalue weighted by Crippen LogP contribution is -2.38. The molecule has 1 saturated heterocycles. The van der Waals surface area contributed by atoms with Crippen LogP contribution >= 0.6 is 11.3 Å². The minimum absolute atomic E-state index is 0.00191.